The lowest BCUT2D eigenvalue weighted by Crippen LogP contribution is -2.53. The van der Waals surface area contributed by atoms with E-state index in [-0.39, 0.29) is 11.5 Å². The number of aliphatic carboxylic acids is 1. The van der Waals surface area contributed by atoms with Crippen molar-refractivity contribution < 1.29 is 19.1 Å². The van der Waals surface area contributed by atoms with E-state index in [0.717, 1.165) is 6.42 Å². The molecule has 2 fully saturated rings. The molecule has 0 bridgehead atoms. The topological polar surface area (TPSA) is 86.1 Å². The number of hydrogen-bond acceptors (Lipinski definition) is 4. The lowest BCUT2D eigenvalue weighted by molar-refractivity contribution is -0.146. The van der Waals surface area contributed by atoms with Crippen LogP contribution in [0, 0.1) is 5.82 Å². The number of aromatic nitrogens is 1. The zero-order valence-electron chi connectivity index (χ0n) is 16.5. The molecule has 1 aliphatic carbocycles. The maximum atomic E-state index is 14.0. The summed E-state index contributed by atoms with van der Waals surface area (Å²) in [5.41, 5.74) is -0.435. The van der Waals surface area contributed by atoms with Gasteiger partial charge in [0, 0.05) is 32.4 Å². The third kappa shape index (κ3) is 3.77. The minimum Gasteiger partial charge on any atom is -0.479 e. The summed E-state index contributed by atoms with van der Waals surface area (Å²) in [5, 5.41) is 9.71. The summed E-state index contributed by atoms with van der Waals surface area (Å²) < 4.78 is 14.0. The molecule has 1 aromatic heterocycles. The second-order valence-corrected chi connectivity index (χ2v) is 7.60. The summed E-state index contributed by atoms with van der Waals surface area (Å²) in [6.45, 7) is 1.70. The van der Waals surface area contributed by atoms with Crippen molar-refractivity contribution in [1.29, 1.82) is 0 Å². The fourth-order valence-electron chi connectivity index (χ4n) is 3.80. The molecule has 1 saturated carbocycles. The average molecular weight is 410 g/mol. The second-order valence-electron chi connectivity index (χ2n) is 7.60. The van der Waals surface area contributed by atoms with Crippen LogP contribution >= 0.6 is 0 Å². The van der Waals surface area contributed by atoms with Crippen molar-refractivity contribution in [1.82, 2.24) is 14.8 Å². The van der Waals surface area contributed by atoms with Crippen molar-refractivity contribution in [2.24, 2.45) is 4.99 Å². The molecule has 7 nitrogen and oxygen atoms in total. The van der Waals surface area contributed by atoms with Gasteiger partial charge < -0.3 is 14.9 Å². The number of amidine groups is 1. The number of amides is 1. The first-order valence-electron chi connectivity index (χ1n) is 10.0. The molecule has 1 N–H and O–H groups in total. The molecule has 0 radical (unpaired) electrons. The number of piperazine rings is 1. The van der Waals surface area contributed by atoms with Gasteiger partial charge in [-0.05, 0) is 43.5 Å². The number of carboxylic acid groups (broad SMARTS) is 1. The summed E-state index contributed by atoms with van der Waals surface area (Å²) in [5.74, 6) is -1.26. The monoisotopic (exact) mass is 410 g/mol. The van der Waals surface area contributed by atoms with Crippen molar-refractivity contribution in [2.45, 2.75) is 24.8 Å². The molecule has 0 spiro atoms. The predicted molar refractivity (Wildman–Crippen MR) is 109 cm³/mol. The fraction of sp³-hybridized carbons (Fsp3) is 0.364. The molecular weight excluding hydrogens is 387 g/mol. The molecule has 1 aromatic carbocycles. The molecule has 2 aromatic rings. The number of pyridine rings is 1. The number of hydrogen-bond donors (Lipinski definition) is 1. The summed E-state index contributed by atoms with van der Waals surface area (Å²) in [4.78, 5) is 37.2. The Hall–Kier alpha value is -3.29. The Morgan fingerprint density at radius 1 is 1.00 bits per heavy atom. The van der Waals surface area contributed by atoms with E-state index in [1.807, 2.05) is 17.0 Å². The van der Waals surface area contributed by atoms with E-state index in [2.05, 4.69) is 9.98 Å². The predicted octanol–water partition coefficient (Wildman–Crippen LogP) is 2.43. The van der Waals surface area contributed by atoms with Crippen LogP contribution in [0.5, 0.6) is 0 Å². The van der Waals surface area contributed by atoms with Crippen molar-refractivity contribution in [3.63, 3.8) is 0 Å². The molecule has 1 aliphatic heterocycles. The van der Waals surface area contributed by atoms with Crippen molar-refractivity contribution in [3.8, 4) is 0 Å². The normalized spacial score (nSPS) is 18.6. The molecule has 30 heavy (non-hydrogen) atoms. The van der Waals surface area contributed by atoms with Gasteiger partial charge >= 0.3 is 5.97 Å². The summed E-state index contributed by atoms with van der Waals surface area (Å²) in [6, 6.07) is 11.4. The third-order valence-electron chi connectivity index (χ3n) is 5.76. The van der Waals surface area contributed by atoms with Gasteiger partial charge in [-0.1, -0.05) is 18.2 Å². The van der Waals surface area contributed by atoms with Crippen LogP contribution in [0.1, 0.15) is 35.3 Å². The minimum atomic E-state index is -1.10. The van der Waals surface area contributed by atoms with Gasteiger partial charge in [0.25, 0.3) is 5.91 Å². The van der Waals surface area contributed by atoms with Gasteiger partial charge in [0.1, 0.15) is 11.5 Å². The lowest BCUT2D eigenvalue weighted by Gasteiger charge is -2.39. The molecular formula is C22H23FN4O3. The van der Waals surface area contributed by atoms with Gasteiger partial charge in [0.05, 0.1) is 5.56 Å². The van der Waals surface area contributed by atoms with Gasteiger partial charge in [-0.3, -0.25) is 9.78 Å². The number of carbonyl (C=O) groups is 2. The van der Waals surface area contributed by atoms with E-state index in [9.17, 15) is 19.1 Å². The maximum absolute atomic E-state index is 14.0. The molecule has 0 atom stereocenters. The molecule has 8 heteroatoms. The number of halogens is 1. The first-order valence-corrected chi connectivity index (χ1v) is 10.0. The van der Waals surface area contributed by atoms with E-state index >= 15 is 0 Å². The van der Waals surface area contributed by atoms with Gasteiger partial charge in [0.2, 0.25) is 0 Å². The Kier molecular flexibility index (Phi) is 5.48. The molecule has 156 valence electrons. The number of rotatable bonds is 4. The highest BCUT2D eigenvalue weighted by Gasteiger charge is 2.45. The quantitative estimate of drug-likeness (QED) is 0.618. The maximum Gasteiger partial charge on any atom is 0.331 e. The van der Waals surface area contributed by atoms with Crippen LogP contribution in [0.3, 0.4) is 0 Å². The van der Waals surface area contributed by atoms with Crippen LogP contribution in [0.4, 0.5) is 4.39 Å². The SMILES string of the molecule is O=C(c1ccccc1F)N1CCN(/C(=N/C2(C(=O)O)CCC2)c2ccccn2)CC1. The number of benzene rings is 1. The Balaban J connectivity index is 1.55. The van der Waals surface area contributed by atoms with E-state index in [0.29, 0.717) is 50.6 Å². The van der Waals surface area contributed by atoms with E-state index in [1.165, 1.54) is 12.1 Å². The van der Waals surface area contributed by atoms with Crippen LogP contribution in [0.2, 0.25) is 0 Å². The van der Waals surface area contributed by atoms with Crippen molar-refractivity contribution in [2.75, 3.05) is 26.2 Å². The Bertz CT molecular complexity index is 967. The molecule has 1 saturated heterocycles. The fourth-order valence-corrected chi connectivity index (χ4v) is 3.80. The van der Waals surface area contributed by atoms with Crippen LogP contribution in [0.25, 0.3) is 0 Å². The summed E-state index contributed by atoms with van der Waals surface area (Å²) in [6.07, 6.45) is 3.49. The van der Waals surface area contributed by atoms with E-state index in [1.54, 1.807) is 29.3 Å². The van der Waals surface area contributed by atoms with Gasteiger partial charge in [-0.15, -0.1) is 0 Å². The number of carboxylic acids is 1. The number of aliphatic imine (C=N–C) groups is 1. The first kappa shape index (κ1) is 20.0. The first-order chi connectivity index (χ1) is 14.5. The third-order valence-corrected chi connectivity index (χ3v) is 5.76. The smallest absolute Gasteiger partial charge is 0.331 e. The molecule has 2 aliphatic rings. The highest BCUT2D eigenvalue weighted by molar-refractivity contribution is 6.00. The largest absolute Gasteiger partial charge is 0.479 e. The minimum absolute atomic E-state index is 0.0591. The summed E-state index contributed by atoms with van der Waals surface area (Å²) in [7, 11) is 0. The Labute approximate surface area is 173 Å². The van der Waals surface area contributed by atoms with Crippen molar-refractivity contribution in [3.05, 3.63) is 65.7 Å². The number of nitrogens with zero attached hydrogens (tertiary/aromatic N) is 4. The van der Waals surface area contributed by atoms with E-state index in [4.69, 9.17) is 0 Å². The van der Waals surface area contributed by atoms with E-state index < -0.39 is 17.3 Å². The van der Waals surface area contributed by atoms with Crippen LogP contribution in [0.15, 0.2) is 53.7 Å². The highest BCUT2D eigenvalue weighted by atomic mass is 19.1. The number of carbonyl (C=O) groups excluding carboxylic acids is 1. The van der Waals surface area contributed by atoms with Gasteiger partial charge in [0.15, 0.2) is 11.4 Å². The zero-order chi connectivity index (χ0) is 21.1. The van der Waals surface area contributed by atoms with Crippen LogP contribution in [-0.2, 0) is 4.79 Å². The molecule has 0 unspecified atom stereocenters. The standard InChI is InChI=1S/C22H23FN4O3/c23-17-7-2-1-6-16(17)20(28)27-14-12-26(13-15-27)19(18-8-3-4-11-24-18)25-22(21(29)30)9-5-10-22/h1-4,6-8,11H,5,9-10,12-15H2,(H,29,30)/b25-19+. The molecule has 4 rings (SSSR count). The lowest BCUT2D eigenvalue weighted by atomic mass is 9.77. The Morgan fingerprint density at radius 2 is 1.67 bits per heavy atom. The van der Waals surface area contributed by atoms with Crippen LogP contribution in [-0.4, -0.2) is 69.3 Å². The summed E-state index contributed by atoms with van der Waals surface area (Å²) >= 11 is 0. The zero-order valence-corrected chi connectivity index (χ0v) is 16.5. The van der Waals surface area contributed by atoms with Crippen molar-refractivity contribution >= 4 is 17.7 Å². The van der Waals surface area contributed by atoms with Gasteiger partial charge in [-0.25, -0.2) is 14.2 Å². The molecule has 2 heterocycles. The average Bonchev–Trinajstić information content (AvgIpc) is 2.74. The molecule has 1 amide bonds. The van der Waals surface area contributed by atoms with Crippen LogP contribution < -0.4 is 0 Å². The Morgan fingerprint density at radius 3 is 2.23 bits per heavy atom. The second kappa shape index (κ2) is 8.22. The highest BCUT2D eigenvalue weighted by Crippen LogP contribution is 2.37. The van der Waals surface area contributed by atoms with Gasteiger partial charge in [-0.2, -0.15) is 0 Å².